The first kappa shape index (κ1) is 14.7. The Bertz CT molecular complexity index is 506. The van der Waals surface area contributed by atoms with Gasteiger partial charge in [-0.25, -0.2) is 0 Å². The molecule has 1 fully saturated rings. The number of aryl methyl sites for hydroxylation is 1. The average Bonchev–Trinajstić information content (AvgIpc) is 2.40. The molecule has 1 aliphatic rings. The molecule has 2 rings (SSSR count). The lowest BCUT2D eigenvalue weighted by atomic mass is 9.95. The number of carbonyl (C=O) groups is 1. The molecule has 0 aromatic heterocycles. The van der Waals surface area contributed by atoms with E-state index in [0.717, 1.165) is 5.56 Å². The van der Waals surface area contributed by atoms with Crippen molar-refractivity contribution in [1.82, 2.24) is 4.90 Å². The molecular formula is C14H16F3NO2. The number of nitrogens with zero attached hydrogens (tertiary/aromatic N) is 1. The molecule has 0 bridgehead atoms. The van der Waals surface area contributed by atoms with E-state index in [2.05, 4.69) is 0 Å². The van der Waals surface area contributed by atoms with Crippen LogP contribution in [0, 0.1) is 12.8 Å². The second kappa shape index (κ2) is 5.34. The third kappa shape index (κ3) is 3.05. The van der Waals surface area contributed by atoms with E-state index in [9.17, 15) is 23.1 Å². The molecule has 110 valence electrons. The Kier molecular flexibility index (Phi) is 3.92. The topological polar surface area (TPSA) is 40.5 Å². The van der Waals surface area contributed by atoms with Crippen LogP contribution < -0.4 is 0 Å². The summed E-state index contributed by atoms with van der Waals surface area (Å²) in [5, 5.41) is 9.69. The van der Waals surface area contributed by atoms with Crippen molar-refractivity contribution in [2.75, 3.05) is 13.1 Å². The van der Waals surface area contributed by atoms with Crippen LogP contribution in [0.25, 0.3) is 0 Å². The van der Waals surface area contributed by atoms with Crippen LogP contribution in [0.4, 0.5) is 13.2 Å². The molecule has 0 spiro atoms. The maximum absolute atomic E-state index is 12.6. The molecule has 1 heterocycles. The summed E-state index contributed by atoms with van der Waals surface area (Å²) in [6.45, 7) is 1.92. The van der Waals surface area contributed by atoms with Gasteiger partial charge in [-0.2, -0.15) is 13.2 Å². The predicted molar refractivity (Wildman–Crippen MR) is 67.5 cm³/mol. The number of rotatable bonds is 1. The van der Waals surface area contributed by atoms with E-state index in [1.165, 1.54) is 11.0 Å². The highest BCUT2D eigenvalue weighted by molar-refractivity contribution is 5.97. The molecule has 0 unspecified atom stereocenters. The van der Waals surface area contributed by atoms with Crippen LogP contribution in [-0.4, -0.2) is 35.2 Å². The highest BCUT2D eigenvalue weighted by Crippen LogP contribution is 2.34. The first-order chi connectivity index (χ1) is 9.29. The Labute approximate surface area is 115 Å². The first-order valence-corrected chi connectivity index (χ1v) is 6.44. The molecule has 1 amide bonds. The average molecular weight is 287 g/mol. The van der Waals surface area contributed by atoms with Crippen LogP contribution in [0.15, 0.2) is 18.2 Å². The van der Waals surface area contributed by atoms with Crippen molar-refractivity contribution in [2.45, 2.75) is 25.9 Å². The standard InChI is InChI=1S/C14H16F3NO2/c1-9-2-3-12(19)11(8-9)13(20)18-6-4-10(5-7-18)14(15,16)17/h2-3,8,10,19H,4-7H2,1H3. The zero-order valence-electron chi connectivity index (χ0n) is 11.1. The highest BCUT2D eigenvalue weighted by atomic mass is 19.4. The minimum absolute atomic E-state index is 0.0659. The number of benzene rings is 1. The molecule has 20 heavy (non-hydrogen) atoms. The summed E-state index contributed by atoms with van der Waals surface area (Å²) in [5.41, 5.74) is 0.965. The van der Waals surface area contributed by atoms with Gasteiger partial charge < -0.3 is 10.0 Å². The van der Waals surface area contributed by atoms with Gasteiger partial charge in [-0.1, -0.05) is 11.6 Å². The van der Waals surface area contributed by atoms with E-state index < -0.39 is 18.0 Å². The van der Waals surface area contributed by atoms with Crippen LogP contribution in [0.5, 0.6) is 5.75 Å². The summed E-state index contributed by atoms with van der Waals surface area (Å²) >= 11 is 0. The van der Waals surface area contributed by atoms with Gasteiger partial charge >= 0.3 is 6.18 Å². The van der Waals surface area contributed by atoms with Crippen molar-refractivity contribution < 1.29 is 23.1 Å². The minimum atomic E-state index is -4.19. The Morgan fingerprint density at radius 1 is 1.30 bits per heavy atom. The first-order valence-electron chi connectivity index (χ1n) is 6.44. The van der Waals surface area contributed by atoms with Crippen molar-refractivity contribution in [1.29, 1.82) is 0 Å². The van der Waals surface area contributed by atoms with Gasteiger partial charge in [0.25, 0.3) is 5.91 Å². The Morgan fingerprint density at radius 3 is 2.45 bits per heavy atom. The molecule has 0 atom stereocenters. The molecule has 1 aromatic carbocycles. The van der Waals surface area contributed by atoms with Crippen LogP contribution in [0.3, 0.4) is 0 Å². The molecule has 6 heteroatoms. The number of phenolic OH excluding ortho intramolecular Hbond substituents is 1. The van der Waals surface area contributed by atoms with E-state index >= 15 is 0 Å². The molecule has 1 aliphatic heterocycles. The summed E-state index contributed by atoms with van der Waals surface area (Å²) in [7, 11) is 0. The summed E-state index contributed by atoms with van der Waals surface area (Å²) < 4.78 is 37.7. The summed E-state index contributed by atoms with van der Waals surface area (Å²) in [6, 6.07) is 4.64. The number of piperidine rings is 1. The molecule has 0 aliphatic carbocycles. The fraction of sp³-hybridized carbons (Fsp3) is 0.500. The molecule has 0 radical (unpaired) electrons. The van der Waals surface area contributed by atoms with Gasteiger partial charge in [0.05, 0.1) is 11.5 Å². The van der Waals surface area contributed by atoms with Crippen molar-refractivity contribution in [2.24, 2.45) is 5.92 Å². The Morgan fingerprint density at radius 2 is 1.90 bits per heavy atom. The van der Waals surface area contributed by atoms with Crippen LogP contribution in [0.2, 0.25) is 0 Å². The van der Waals surface area contributed by atoms with Crippen molar-refractivity contribution >= 4 is 5.91 Å². The molecule has 1 saturated heterocycles. The highest BCUT2D eigenvalue weighted by Gasteiger charge is 2.41. The number of hydrogen-bond donors (Lipinski definition) is 1. The largest absolute Gasteiger partial charge is 0.507 e. The second-order valence-corrected chi connectivity index (χ2v) is 5.13. The van der Waals surface area contributed by atoms with Gasteiger partial charge in [-0.3, -0.25) is 4.79 Å². The zero-order chi connectivity index (χ0) is 14.9. The summed E-state index contributed by atoms with van der Waals surface area (Å²) in [5.74, 6) is -1.89. The SMILES string of the molecule is Cc1ccc(O)c(C(=O)N2CCC(C(F)(F)F)CC2)c1. The molecule has 0 saturated carbocycles. The maximum atomic E-state index is 12.6. The van der Waals surface area contributed by atoms with Gasteiger partial charge in [0, 0.05) is 13.1 Å². The van der Waals surface area contributed by atoms with Crippen molar-refractivity contribution in [3.05, 3.63) is 29.3 Å². The van der Waals surface area contributed by atoms with Crippen LogP contribution in [-0.2, 0) is 0 Å². The van der Waals surface area contributed by atoms with Crippen molar-refractivity contribution in [3.8, 4) is 5.75 Å². The lowest BCUT2D eigenvalue weighted by Gasteiger charge is -2.33. The number of alkyl halides is 3. The normalized spacial score (nSPS) is 17.3. The number of phenols is 1. The number of carbonyl (C=O) groups excluding carboxylic acids is 1. The summed E-state index contributed by atoms with van der Waals surface area (Å²) in [4.78, 5) is 13.6. The molecular weight excluding hydrogens is 271 g/mol. The van der Waals surface area contributed by atoms with Gasteiger partial charge in [-0.15, -0.1) is 0 Å². The third-order valence-electron chi connectivity index (χ3n) is 3.63. The number of hydrogen-bond acceptors (Lipinski definition) is 2. The quantitative estimate of drug-likeness (QED) is 0.862. The zero-order valence-corrected chi connectivity index (χ0v) is 11.1. The van der Waals surface area contributed by atoms with Gasteiger partial charge in [-0.05, 0) is 31.9 Å². The molecule has 1 aromatic rings. The summed E-state index contributed by atoms with van der Waals surface area (Å²) in [6.07, 6.45) is -4.36. The minimum Gasteiger partial charge on any atom is -0.507 e. The number of amides is 1. The lowest BCUT2D eigenvalue weighted by molar-refractivity contribution is -0.183. The van der Waals surface area contributed by atoms with Crippen LogP contribution in [0.1, 0.15) is 28.8 Å². The second-order valence-electron chi connectivity index (χ2n) is 5.13. The maximum Gasteiger partial charge on any atom is 0.391 e. The van der Waals surface area contributed by atoms with E-state index in [1.807, 2.05) is 0 Å². The van der Waals surface area contributed by atoms with Gasteiger partial charge in [0.1, 0.15) is 5.75 Å². The lowest BCUT2D eigenvalue weighted by Crippen LogP contribution is -2.42. The van der Waals surface area contributed by atoms with Gasteiger partial charge in [0.15, 0.2) is 0 Å². The fourth-order valence-electron chi connectivity index (χ4n) is 2.40. The Balaban J connectivity index is 2.07. The van der Waals surface area contributed by atoms with Crippen LogP contribution >= 0.6 is 0 Å². The van der Waals surface area contributed by atoms with Gasteiger partial charge in [0.2, 0.25) is 0 Å². The third-order valence-corrected chi connectivity index (χ3v) is 3.63. The monoisotopic (exact) mass is 287 g/mol. The molecule has 3 nitrogen and oxygen atoms in total. The number of aromatic hydroxyl groups is 1. The van der Waals surface area contributed by atoms with Crippen molar-refractivity contribution in [3.63, 3.8) is 0 Å². The van der Waals surface area contributed by atoms with E-state index in [0.29, 0.717) is 0 Å². The molecule has 1 N–H and O–H groups in total. The van der Waals surface area contributed by atoms with E-state index in [1.54, 1.807) is 19.1 Å². The number of halogens is 3. The fourth-order valence-corrected chi connectivity index (χ4v) is 2.40. The predicted octanol–water partition coefficient (Wildman–Crippen LogP) is 3.12. The van der Waals surface area contributed by atoms with E-state index in [-0.39, 0.29) is 37.2 Å². The van der Waals surface area contributed by atoms with E-state index in [4.69, 9.17) is 0 Å². The number of likely N-dealkylation sites (tertiary alicyclic amines) is 1. The Hall–Kier alpha value is -1.72. The smallest absolute Gasteiger partial charge is 0.391 e.